The van der Waals surface area contributed by atoms with Crippen LogP contribution in [-0.2, 0) is 0 Å². The molecule has 0 unspecified atom stereocenters. The summed E-state index contributed by atoms with van der Waals surface area (Å²) in [6.07, 6.45) is 1.93. The highest BCUT2D eigenvalue weighted by atomic mass is 16.4. The Labute approximate surface area is 67.5 Å². The Morgan fingerprint density at radius 2 is 1.91 bits per heavy atom. The number of likely N-dealkylation sites (tertiary alicyclic amines) is 1. The summed E-state index contributed by atoms with van der Waals surface area (Å²) < 4.78 is 0. The summed E-state index contributed by atoms with van der Waals surface area (Å²) in [5, 5.41) is 17.3. The van der Waals surface area contributed by atoms with Crippen molar-refractivity contribution in [3.8, 4) is 0 Å². The van der Waals surface area contributed by atoms with Crippen LogP contribution in [0, 0.1) is 0 Å². The molecule has 62 valence electrons. The summed E-state index contributed by atoms with van der Waals surface area (Å²) in [5.74, 6) is 1.53. The Kier molecular flexibility index (Phi) is 3.11. The first-order chi connectivity index (χ1) is 5.18. The van der Waals surface area contributed by atoms with Gasteiger partial charge in [-0.15, -0.1) is 0 Å². The van der Waals surface area contributed by atoms with Crippen molar-refractivity contribution in [3.05, 3.63) is 11.5 Å². The molecule has 4 heteroatoms. The van der Waals surface area contributed by atoms with Crippen molar-refractivity contribution >= 4 is 7.12 Å². The van der Waals surface area contributed by atoms with Crippen LogP contribution in [0.25, 0.3) is 0 Å². The first-order valence-corrected chi connectivity index (χ1v) is 3.93. The van der Waals surface area contributed by atoms with Crippen LogP contribution in [0.2, 0.25) is 0 Å². The van der Waals surface area contributed by atoms with Gasteiger partial charge in [-0.25, -0.2) is 0 Å². The summed E-state index contributed by atoms with van der Waals surface area (Å²) >= 11 is 0. The average molecular weight is 155 g/mol. The van der Waals surface area contributed by atoms with Crippen LogP contribution < -0.4 is 0 Å². The van der Waals surface area contributed by atoms with Gasteiger partial charge in [-0.2, -0.15) is 0 Å². The van der Waals surface area contributed by atoms with E-state index in [1.54, 1.807) is 0 Å². The molecule has 0 aromatic rings. The second kappa shape index (κ2) is 3.90. The molecule has 0 aromatic carbocycles. The molecule has 1 rings (SSSR count). The molecule has 3 nitrogen and oxygen atoms in total. The minimum absolute atomic E-state index is 0.966. The van der Waals surface area contributed by atoms with Gasteiger partial charge in [-0.3, -0.25) is 0 Å². The van der Waals surface area contributed by atoms with Gasteiger partial charge in [0.1, 0.15) is 0 Å². The van der Waals surface area contributed by atoms with Gasteiger partial charge >= 0.3 is 7.12 Å². The number of hydrogen-bond acceptors (Lipinski definition) is 3. The van der Waals surface area contributed by atoms with E-state index >= 15 is 0 Å². The van der Waals surface area contributed by atoms with Crippen molar-refractivity contribution in [1.82, 2.24) is 4.90 Å². The maximum atomic E-state index is 8.64. The van der Waals surface area contributed by atoms with Crippen molar-refractivity contribution in [2.24, 2.45) is 0 Å². The molecule has 0 radical (unpaired) electrons. The molecule has 2 N–H and O–H groups in total. The summed E-state index contributed by atoms with van der Waals surface area (Å²) in [7, 11) is 0.806. The molecule has 1 saturated heterocycles. The van der Waals surface area contributed by atoms with Crippen LogP contribution in [0.1, 0.15) is 12.8 Å². The number of hydrogen-bond donors (Lipinski definition) is 2. The third-order valence-corrected chi connectivity index (χ3v) is 2.01. The minimum atomic E-state index is -1.27. The average Bonchev–Trinajstić information content (AvgIpc) is 1.93. The monoisotopic (exact) mass is 155 g/mol. The fourth-order valence-electron chi connectivity index (χ4n) is 1.28. The first-order valence-electron chi connectivity index (χ1n) is 3.93. The largest absolute Gasteiger partial charge is 0.480 e. The molecule has 0 aromatic heterocycles. The van der Waals surface area contributed by atoms with Gasteiger partial charge in [0.25, 0.3) is 0 Å². The minimum Gasteiger partial charge on any atom is -0.424 e. The lowest BCUT2D eigenvalue weighted by atomic mass is 9.85. The Bertz CT molecular complexity index is 149. The lowest BCUT2D eigenvalue weighted by Gasteiger charge is -2.23. The molecule has 1 fully saturated rings. The topological polar surface area (TPSA) is 43.7 Å². The maximum absolute atomic E-state index is 8.64. The zero-order chi connectivity index (χ0) is 8.27. The van der Waals surface area contributed by atoms with E-state index in [4.69, 9.17) is 10.0 Å². The van der Waals surface area contributed by atoms with Crippen molar-refractivity contribution in [2.75, 3.05) is 20.1 Å². The Morgan fingerprint density at radius 1 is 1.36 bits per heavy atom. The SMILES string of the molecule is CN1CCC(=CB(O)O)CC1. The van der Waals surface area contributed by atoms with E-state index in [9.17, 15) is 0 Å². The van der Waals surface area contributed by atoms with Crippen LogP contribution in [0.4, 0.5) is 0 Å². The molecular weight excluding hydrogens is 141 g/mol. The normalized spacial score (nSPS) is 20.1. The quantitative estimate of drug-likeness (QED) is 0.508. The third-order valence-electron chi connectivity index (χ3n) is 2.01. The fourth-order valence-corrected chi connectivity index (χ4v) is 1.28. The molecule has 1 aliphatic heterocycles. The van der Waals surface area contributed by atoms with Crippen LogP contribution >= 0.6 is 0 Å². The molecule has 0 aliphatic carbocycles. The highest BCUT2D eigenvalue weighted by molar-refractivity contribution is 6.47. The Hall–Kier alpha value is -0.315. The second-order valence-corrected chi connectivity index (χ2v) is 3.04. The summed E-state index contributed by atoms with van der Waals surface area (Å²) in [6.45, 7) is 2.05. The van der Waals surface area contributed by atoms with E-state index in [0.717, 1.165) is 31.5 Å². The first kappa shape index (κ1) is 8.78. The standard InChI is InChI=1S/C7H14BNO2/c1-9-4-2-7(3-5-9)6-8(10)11/h6,10-11H,2-5H2,1H3. The predicted octanol–water partition coefficient (Wildman–Crippen LogP) is -0.350. The van der Waals surface area contributed by atoms with E-state index in [1.165, 1.54) is 5.98 Å². The Morgan fingerprint density at radius 3 is 2.36 bits per heavy atom. The fraction of sp³-hybridized carbons (Fsp3) is 0.714. The van der Waals surface area contributed by atoms with Gasteiger partial charge in [0.05, 0.1) is 0 Å². The molecule has 1 heterocycles. The lowest BCUT2D eigenvalue weighted by Crippen LogP contribution is -2.27. The van der Waals surface area contributed by atoms with Crippen LogP contribution in [0.3, 0.4) is 0 Å². The summed E-state index contributed by atoms with van der Waals surface area (Å²) in [4.78, 5) is 2.24. The summed E-state index contributed by atoms with van der Waals surface area (Å²) in [5.41, 5.74) is 1.16. The van der Waals surface area contributed by atoms with Gasteiger partial charge in [0.15, 0.2) is 0 Å². The number of nitrogens with zero attached hydrogens (tertiary/aromatic N) is 1. The number of piperidine rings is 1. The van der Waals surface area contributed by atoms with Crippen molar-refractivity contribution in [1.29, 1.82) is 0 Å². The highest BCUT2D eigenvalue weighted by Gasteiger charge is 2.11. The smallest absolute Gasteiger partial charge is 0.424 e. The second-order valence-electron chi connectivity index (χ2n) is 3.04. The van der Waals surface area contributed by atoms with Gasteiger partial charge < -0.3 is 14.9 Å². The molecule has 0 atom stereocenters. The molecule has 1 aliphatic rings. The van der Waals surface area contributed by atoms with Crippen molar-refractivity contribution < 1.29 is 10.0 Å². The molecular formula is C7H14BNO2. The van der Waals surface area contributed by atoms with Crippen molar-refractivity contribution in [3.63, 3.8) is 0 Å². The van der Waals surface area contributed by atoms with Gasteiger partial charge in [-0.05, 0) is 19.9 Å². The predicted molar refractivity (Wildman–Crippen MR) is 45.0 cm³/mol. The molecule has 0 amide bonds. The maximum Gasteiger partial charge on any atom is 0.480 e. The van der Waals surface area contributed by atoms with E-state index in [-0.39, 0.29) is 0 Å². The molecule has 0 spiro atoms. The van der Waals surface area contributed by atoms with E-state index in [2.05, 4.69) is 11.9 Å². The zero-order valence-corrected chi connectivity index (χ0v) is 6.82. The third kappa shape index (κ3) is 3.05. The molecule has 11 heavy (non-hydrogen) atoms. The van der Waals surface area contributed by atoms with Crippen LogP contribution in [-0.4, -0.2) is 42.2 Å². The molecule has 0 saturated carbocycles. The van der Waals surface area contributed by atoms with Gasteiger partial charge in [-0.1, -0.05) is 11.5 Å². The van der Waals surface area contributed by atoms with E-state index in [1.807, 2.05) is 0 Å². The van der Waals surface area contributed by atoms with Gasteiger partial charge in [0.2, 0.25) is 0 Å². The van der Waals surface area contributed by atoms with E-state index < -0.39 is 7.12 Å². The molecule has 0 bridgehead atoms. The zero-order valence-electron chi connectivity index (χ0n) is 6.82. The number of rotatable bonds is 1. The van der Waals surface area contributed by atoms with Crippen molar-refractivity contribution in [2.45, 2.75) is 12.8 Å². The highest BCUT2D eigenvalue weighted by Crippen LogP contribution is 2.13. The van der Waals surface area contributed by atoms with Crippen LogP contribution in [0.5, 0.6) is 0 Å². The summed E-state index contributed by atoms with van der Waals surface area (Å²) in [6, 6.07) is 0. The van der Waals surface area contributed by atoms with Crippen LogP contribution in [0.15, 0.2) is 11.5 Å². The van der Waals surface area contributed by atoms with Gasteiger partial charge in [0, 0.05) is 13.1 Å². The van der Waals surface area contributed by atoms with E-state index in [0.29, 0.717) is 0 Å². The lowest BCUT2D eigenvalue weighted by molar-refractivity contribution is 0.312. The Balaban J connectivity index is 2.38.